The van der Waals surface area contributed by atoms with Gasteiger partial charge in [0.1, 0.15) is 18.3 Å². The molecular weight excluding hydrogens is 353 g/mol. The Bertz CT molecular complexity index is 649. The molecule has 1 N–H and O–H groups in total. The lowest BCUT2D eigenvalue weighted by Crippen LogP contribution is -2.36. The van der Waals surface area contributed by atoms with Crippen LogP contribution in [0.4, 0.5) is 0 Å². The van der Waals surface area contributed by atoms with Crippen molar-refractivity contribution in [3.8, 4) is 0 Å². The van der Waals surface area contributed by atoms with Gasteiger partial charge >= 0.3 is 0 Å². The molecule has 7 heteroatoms. The van der Waals surface area contributed by atoms with Crippen LogP contribution in [0.5, 0.6) is 0 Å². The Morgan fingerprint density at radius 2 is 2.04 bits per heavy atom. The molecule has 23 heavy (non-hydrogen) atoms. The van der Waals surface area contributed by atoms with E-state index in [1.165, 1.54) is 6.33 Å². The fourth-order valence-corrected chi connectivity index (χ4v) is 3.74. The maximum absolute atomic E-state index is 11.3. The van der Waals surface area contributed by atoms with Crippen LogP contribution in [0, 0.1) is 0 Å². The second-order valence-corrected chi connectivity index (χ2v) is 8.68. The summed E-state index contributed by atoms with van der Waals surface area (Å²) >= 11 is 14.0. The first kappa shape index (κ1) is 18.6. The highest BCUT2D eigenvalue weighted by atomic mass is 35.5. The van der Waals surface area contributed by atoms with Crippen LogP contribution in [0.3, 0.4) is 0 Å². The van der Waals surface area contributed by atoms with Crippen molar-refractivity contribution in [3.05, 3.63) is 46.5 Å². The molecule has 0 aliphatic heterocycles. The third kappa shape index (κ3) is 4.86. The van der Waals surface area contributed by atoms with E-state index in [1.54, 1.807) is 41.0 Å². The minimum absolute atomic E-state index is 0.0647. The molecule has 0 radical (unpaired) electrons. The number of aromatic nitrogens is 3. The zero-order valence-corrected chi connectivity index (χ0v) is 15.8. The molecule has 0 fully saturated rings. The van der Waals surface area contributed by atoms with Gasteiger partial charge in [-0.15, -0.1) is 0 Å². The summed E-state index contributed by atoms with van der Waals surface area (Å²) in [6.45, 7) is 6.74. The first-order valence-corrected chi connectivity index (χ1v) is 9.14. The van der Waals surface area contributed by atoms with Gasteiger partial charge in [-0.2, -0.15) is 16.9 Å². The highest BCUT2D eigenvalue weighted by Crippen LogP contribution is 2.38. The van der Waals surface area contributed by atoms with Crippen LogP contribution in [0.2, 0.25) is 10.0 Å². The van der Waals surface area contributed by atoms with Gasteiger partial charge in [-0.05, 0) is 18.6 Å². The van der Waals surface area contributed by atoms with Crippen molar-refractivity contribution >= 4 is 35.0 Å². The molecular formula is C16H21Cl2N3OS. The Morgan fingerprint density at radius 1 is 1.30 bits per heavy atom. The molecule has 0 bridgehead atoms. The molecule has 4 nitrogen and oxygen atoms in total. The Kier molecular flexibility index (Phi) is 6.00. The third-order valence-corrected chi connectivity index (χ3v) is 6.12. The molecule has 1 atom stereocenters. The Balaban J connectivity index is 2.33. The molecule has 0 saturated heterocycles. The van der Waals surface area contributed by atoms with Gasteiger partial charge in [-0.25, -0.2) is 9.67 Å². The third-order valence-electron chi connectivity index (χ3n) is 3.88. The normalized spacial score (nSPS) is 14.7. The minimum atomic E-state index is -1.16. The smallest absolute Gasteiger partial charge is 0.137 e. The molecule has 0 spiro atoms. The molecule has 0 saturated carbocycles. The van der Waals surface area contributed by atoms with E-state index < -0.39 is 5.60 Å². The van der Waals surface area contributed by atoms with Gasteiger partial charge in [-0.3, -0.25) is 0 Å². The van der Waals surface area contributed by atoms with Gasteiger partial charge in [0.25, 0.3) is 0 Å². The number of halogens is 2. The molecule has 2 rings (SSSR count). The lowest BCUT2D eigenvalue weighted by Gasteiger charge is -2.33. The van der Waals surface area contributed by atoms with Crippen LogP contribution in [-0.2, 0) is 12.1 Å². The summed E-state index contributed by atoms with van der Waals surface area (Å²) in [5.41, 5.74) is -0.509. The highest BCUT2D eigenvalue weighted by molar-refractivity contribution is 8.00. The number of thioether (sulfide) groups is 1. The van der Waals surface area contributed by atoms with Crippen molar-refractivity contribution in [2.45, 2.75) is 44.1 Å². The fourth-order valence-electron chi connectivity index (χ4n) is 2.07. The van der Waals surface area contributed by atoms with E-state index >= 15 is 0 Å². The van der Waals surface area contributed by atoms with Crippen molar-refractivity contribution in [1.29, 1.82) is 0 Å². The van der Waals surface area contributed by atoms with E-state index in [4.69, 9.17) is 23.2 Å². The first-order chi connectivity index (χ1) is 10.8. The fraction of sp³-hybridized carbons (Fsp3) is 0.500. The molecule has 126 valence electrons. The Labute approximate surface area is 151 Å². The quantitative estimate of drug-likeness (QED) is 0.781. The van der Waals surface area contributed by atoms with Crippen LogP contribution in [-0.4, -0.2) is 30.4 Å². The van der Waals surface area contributed by atoms with Crippen LogP contribution >= 0.6 is 35.0 Å². The summed E-state index contributed by atoms with van der Waals surface area (Å²) in [7, 11) is 0. The number of aliphatic hydroxyl groups is 1. The monoisotopic (exact) mass is 373 g/mol. The zero-order valence-electron chi connectivity index (χ0n) is 13.5. The summed E-state index contributed by atoms with van der Waals surface area (Å²) in [4.78, 5) is 3.94. The van der Waals surface area contributed by atoms with E-state index in [1.807, 2.05) is 0 Å². The second-order valence-electron chi connectivity index (χ2n) is 6.15. The molecule has 0 amide bonds. The predicted molar refractivity (Wildman–Crippen MR) is 97.2 cm³/mol. The van der Waals surface area contributed by atoms with Crippen molar-refractivity contribution in [2.75, 3.05) is 5.75 Å². The maximum atomic E-state index is 11.3. The predicted octanol–water partition coefficient (Wildman–Crippen LogP) is 4.39. The molecule has 2 aromatic rings. The molecule has 0 aliphatic carbocycles. The van der Waals surface area contributed by atoms with E-state index in [0.29, 0.717) is 21.4 Å². The SMILES string of the molecule is CCC(C)(C)SCC(O)(Cn1cncn1)c1ccc(Cl)cc1Cl. The summed E-state index contributed by atoms with van der Waals surface area (Å²) < 4.78 is 1.68. The van der Waals surface area contributed by atoms with E-state index in [2.05, 4.69) is 30.9 Å². The molecule has 1 aromatic heterocycles. The van der Waals surface area contributed by atoms with Gasteiger partial charge < -0.3 is 5.11 Å². The van der Waals surface area contributed by atoms with Gasteiger partial charge in [0, 0.05) is 26.1 Å². The van der Waals surface area contributed by atoms with Crippen molar-refractivity contribution < 1.29 is 5.11 Å². The highest BCUT2D eigenvalue weighted by Gasteiger charge is 2.34. The molecule has 1 aromatic carbocycles. The second kappa shape index (κ2) is 7.43. The topological polar surface area (TPSA) is 50.9 Å². The number of hydrogen-bond donors (Lipinski definition) is 1. The Hall–Kier alpha value is -0.750. The standard InChI is InChI=1S/C16H21Cl2N3OS/c1-4-15(2,3)23-9-16(22,8-21-11-19-10-20-21)13-6-5-12(17)7-14(13)18/h5-7,10-11,22H,4,8-9H2,1-3H3. The minimum Gasteiger partial charge on any atom is -0.382 e. The van der Waals surface area contributed by atoms with Gasteiger partial charge in [0.2, 0.25) is 0 Å². The summed E-state index contributed by atoms with van der Waals surface area (Å²) in [5.74, 6) is 0.495. The van der Waals surface area contributed by atoms with Crippen LogP contribution in [0.1, 0.15) is 32.8 Å². The van der Waals surface area contributed by atoms with Gasteiger partial charge in [-0.1, -0.05) is 50.0 Å². The zero-order chi connectivity index (χ0) is 17.1. The summed E-state index contributed by atoms with van der Waals surface area (Å²) in [6, 6.07) is 5.17. The summed E-state index contributed by atoms with van der Waals surface area (Å²) in [6.07, 6.45) is 4.04. The van der Waals surface area contributed by atoms with Crippen molar-refractivity contribution in [2.24, 2.45) is 0 Å². The van der Waals surface area contributed by atoms with E-state index in [0.717, 1.165) is 6.42 Å². The average molecular weight is 374 g/mol. The number of rotatable bonds is 7. The lowest BCUT2D eigenvalue weighted by atomic mass is 9.95. The number of benzene rings is 1. The van der Waals surface area contributed by atoms with E-state index in [9.17, 15) is 5.11 Å². The first-order valence-electron chi connectivity index (χ1n) is 7.40. The van der Waals surface area contributed by atoms with Crippen LogP contribution in [0.25, 0.3) is 0 Å². The average Bonchev–Trinajstić information content (AvgIpc) is 2.98. The molecule has 0 aliphatic rings. The van der Waals surface area contributed by atoms with E-state index in [-0.39, 0.29) is 11.3 Å². The number of hydrogen-bond acceptors (Lipinski definition) is 4. The lowest BCUT2D eigenvalue weighted by molar-refractivity contribution is 0.0395. The maximum Gasteiger partial charge on any atom is 0.137 e. The molecule has 1 unspecified atom stereocenters. The van der Waals surface area contributed by atoms with Crippen LogP contribution in [0.15, 0.2) is 30.9 Å². The summed E-state index contributed by atoms with van der Waals surface area (Å²) in [5, 5.41) is 16.5. The Morgan fingerprint density at radius 3 is 2.61 bits per heavy atom. The van der Waals surface area contributed by atoms with Crippen molar-refractivity contribution in [1.82, 2.24) is 14.8 Å². The van der Waals surface area contributed by atoms with Crippen LogP contribution < -0.4 is 0 Å². The van der Waals surface area contributed by atoms with Gasteiger partial charge in [0.05, 0.1) is 6.54 Å². The largest absolute Gasteiger partial charge is 0.382 e. The number of nitrogens with zero attached hydrogens (tertiary/aromatic N) is 3. The van der Waals surface area contributed by atoms with Crippen molar-refractivity contribution in [3.63, 3.8) is 0 Å². The van der Waals surface area contributed by atoms with Gasteiger partial charge in [0.15, 0.2) is 0 Å². The molecule has 1 heterocycles.